The van der Waals surface area contributed by atoms with E-state index in [9.17, 15) is 0 Å². The molecular weight excluding hydrogens is 226 g/mol. The molecule has 0 amide bonds. The fourth-order valence-electron chi connectivity index (χ4n) is 2.35. The van der Waals surface area contributed by atoms with Gasteiger partial charge in [-0.05, 0) is 44.4 Å². The van der Waals surface area contributed by atoms with Gasteiger partial charge in [-0.2, -0.15) is 5.10 Å². The molecule has 3 rings (SSSR count). The van der Waals surface area contributed by atoms with E-state index in [-0.39, 0.29) is 6.23 Å². The van der Waals surface area contributed by atoms with Crippen molar-refractivity contribution in [1.29, 1.82) is 0 Å². The van der Waals surface area contributed by atoms with Crippen LogP contribution in [0.15, 0.2) is 30.5 Å². The number of pyridine rings is 1. The van der Waals surface area contributed by atoms with Crippen LogP contribution in [0, 0.1) is 6.92 Å². The van der Waals surface area contributed by atoms with E-state index in [4.69, 9.17) is 4.74 Å². The zero-order valence-corrected chi connectivity index (χ0v) is 10.5. The van der Waals surface area contributed by atoms with E-state index < -0.39 is 0 Å². The van der Waals surface area contributed by atoms with Crippen LogP contribution in [-0.2, 0) is 4.74 Å². The van der Waals surface area contributed by atoms with Crippen molar-refractivity contribution in [1.82, 2.24) is 14.8 Å². The molecule has 0 spiro atoms. The van der Waals surface area contributed by atoms with Crippen LogP contribution in [0.3, 0.4) is 0 Å². The number of ether oxygens (including phenoxy) is 1. The molecule has 18 heavy (non-hydrogen) atoms. The van der Waals surface area contributed by atoms with Gasteiger partial charge >= 0.3 is 0 Å². The first-order valence-corrected chi connectivity index (χ1v) is 6.44. The van der Waals surface area contributed by atoms with E-state index in [1.54, 1.807) is 0 Å². The summed E-state index contributed by atoms with van der Waals surface area (Å²) in [4.78, 5) is 4.55. The van der Waals surface area contributed by atoms with E-state index in [1.165, 1.54) is 6.42 Å². The molecule has 1 unspecified atom stereocenters. The van der Waals surface area contributed by atoms with Gasteiger partial charge in [-0.15, -0.1) is 0 Å². The number of hydrogen-bond acceptors (Lipinski definition) is 3. The maximum Gasteiger partial charge on any atom is 0.150 e. The van der Waals surface area contributed by atoms with Crippen molar-refractivity contribution in [3.63, 3.8) is 0 Å². The zero-order valence-electron chi connectivity index (χ0n) is 10.5. The Bertz CT molecular complexity index is 529. The fourth-order valence-corrected chi connectivity index (χ4v) is 2.35. The maximum absolute atomic E-state index is 5.79. The molecule has 4 nitrogen and oxygen atoms in total. The standard InChI is InChI=1S/C14H17N3O/c1-11-5-4-6-12(16-11)13-8-9-15-17(13)14-7-2-3-10-18-14/h4-6,8-9,14H,2-3,7,10H2,1H3. The van der Waals surface area contributed by atoms with Gasteiger partial charge in [-0.1, -0.05) is 6.07 Å². The lowest BCUT2D eigenvalue weighted by atomic mass is 10.2. The molecule has 2 aromatic heterocycles. The van der Waals surface area contributed by atoms with Gasteiger partial charge in [0.15, 0.2) is 6.23 Å². The van der Waals surface area contributed by atoms with Gasteiger partial charge in [0.1, 0.15) is 0 Å². The van der Waals surface area contributed by atoms with Crippen molar-refractivity contribution in [2.75, 3.05) is 6.61 Å². The number of aryl methyl sites for hydroxylation is 1. The molecule has 0 saturated carbocycles. The van der Waals surface area contributed by atoms with Crippen molar-refractivity contribution in [2.24, 2.45) is 0 Å². The normalized spacial score (nSPS) is 19.9. The van der Waals surface area contributed by atoms with Gasteiger partial charge in [0.2, 0.25) is 0 Å². The largest absolute Gasteiger partial charge is 0.356 e. The van der Waals surface area contributed by atoms with Crippen LogP contribution in [0.1, 0.15) is 31.2 Å². The summed E-state index contributed by atoms with van der Waals surface area (Å²) >= 11 is 0. The lowest BCUT2D eigenvalue weighted by Gasteiger charge is -2.24. The third-order valence-electron chi connectivity index (χ3n) is 3.25. The van der Waals surface area contributed by atoms with E-state index in [0.29, 0.717) is 0 Å². The van der Waals surface area contributed by atoms with Crippen molar-refractivity contribution in [3.8, 4) is 11.4 Å². The van der Waals surface area contributed by atoms with Crippen molar-refractivity contribution >= 4 is 0 Å². The Morgan fingerprint density at radius 1 is 1.28 bits per heavy atom. The van der Waals surface area contributed by atoms with E-state index in [2.05, 4.69) is 10.1 Å². The minimum Gasteiger partial charge on any atom is -0.356 e. The Kier molecular flexibility index (Phi) is 3.11. The highest BCUT2D eigenvalue weighted by molar-refractivity contribution is 5.54. The zero-order chi connectivity index (χ0) is 12.4. The molecule has 0 bridgehead atoms. The molecule has 0 aromatic carbocycles. The van der Waals surface area contributed by atoms with E-state index in [0.717, 1.165) is 36.5 Å². The second kappa shape index (κ2) is 4.90. The van der Waals surface area contributed by atoms with Crippen molar-refractivity contribution in [3.05, 3.63) is 36.2 Å². The van der Waals surface area contributed by atoms with Crippen LogP contribution in [0.4, 0.5) is 0 Å². The molecule has 0 N–H and O–H groups in total. The van der Waals surface area contributed by atoms with Gasteiger partial charge in [-0.25, -0.2) is 4.68 Å². The van der Waals surface area contributed by atoms with Crippen LogP contribution in [0.2, 0.25) is 0 Å². The van der Waals surface area contributed by atoms with Gasteiger partial charge in [0, 0.05) is 18.5 Å². The molecule has 4 heteroatoms. The molecular formula is C14H17N3O. The number of rotatable bonds is 2. The highest BCUT2D eigenvalue weighted by atomic mass is 16.5. The van der Waals surface area contributed by atoms with Crippen molar-refractivity contribution < 1.29 is 4.74 Å². The van der Waals surface area contributed by atoms with Crippen LogP contribution in [0.5, 0.6) is 0 Å². The molecule has 94 valence electrons. The first kappa shape index (κ1) is 11.4. The third kappa shape index (κ3) is 2.16. The number of hydrogen-bond donors (Lipinski definition) is 0. The Hall–Kier alpha value is -1.68. The lowest BCUT2D eigenvalue weighted by molar-refractivity contribution is -0.0384. The fraction of sp³-hybridized carbons (Fsp3) is 0.429. The molecule has 1 aliphatic heterocycles. The average molecular weight is 243 g/mol. The monoisotopic (exact) mass is 243 g/mol. The average Bonchev–Trinajstić information content (AvgIpc) is 2.89. The minimum absolute atomic E-state index is 0.0612. The third-order valence-corrected chi connectivity index (χ3v) is 3.25. The van der Waals surface area contributed by atoms with Gasteiger partial charge in [0.25, 0.3) is 0 Å². The molecule has 1 atom stereocenters. The molecule has 1 saturated heterocycles. The Balaban J connectivity index is 1.95. The SMILES string of the molecule is Cc1cccc(-c2ccnn2C2CCCCO2)n1. The Morgan fingerprint density at radius 2 is 2.22 bits per heavy atom. The maximum atomic E-state index is 5.79. The summed E-state index contributed by atoms with van der Waals surface area (Å²) in [5.74, 6) is 0. The van der Waals surface area contributed by atoms with Gasteiger partial charge in [0.05, 0.1) is 11.4 Å². The van der Waals surface area contributed by atoms with Gasteiger partial charge in [-0.3, -0.25) is 4.98 Å². The minimum atomic E-state index is 0.0612. The summed E-state index contributed by atoms with van der Waals surface area (Å²) in [7, 11) is 0. The van der Waals surface area contributed by atoms with Crippen LogP contribution >= 0.6 is 0 Å². The molecule has 3 heterocycles. The quantitative estimate of drug-likeness (QED) is 0.814. The van der Waals surface area contributed by atoms with E-state index in [1.807, 2.05) is 42.1 Å². The topological polar surface area (TPSA) is 39.9 Å². The smallest absolute Gasteiger partial charge is 0.150 e. The predicted octanol–water partition coefficient (Wildman–Crippen LogP) is 2.95. The first-order valence-electron chi connectivity index (χ1n) is 6.44. The summed E-state index contributed by atoms with van der Waals surface area (Å²) < 4.78 is 7.75. The second-order valence-electron chi connectivity index (χ2n) is 4.65. The highest BCUT2D eigenvalue weighted by Gasteiger charge is 2.19. The summed E-state index contributed by atoms with van der Waals surface area (Å²) in [6, 6.07) is 8.04. The van der Waals surface area contributed by atoms with Crippen molar-refractivity contribution in [2.45, 2.75) is 32.4 Å². The van der Waals surface area contributed by atoms with E-state index >= 15 is 0 Å². The number of aromatic nitrogens is 3. The molecule has 0 aliphatic carbocycles. The Morgan fingerprint density at radius 3 is 3.00 bits per heavy atom. The number of nitrogens with zero attached hydrogens (tertiary/aromatic N) is 3. The molecule has 1 aliphatic rings. The summed E-state index contributed by atoms with van der Waals surface area (Å²) in [5.41, 5.74) is 3.01. The lowest BCUT2D eigenvalue weighted by Crippen LogP contribution is -2.20. The predicted molar refractivity (Wildman–Crippen MR) is 69.0 cm³/mol. The molecule has 0 radical (unpaired) electrons. The molecule has 2 aromatic rings. The summed E-state index contributed by atoms with van der Waals surface area (Å²) in [5, 5.41) is 4.40. The van der Waals surface area contributed by atoms with Gasteiger partial charge < -0.3 is 4.74 Å². The first-order chi connectivity index (χ1) is 8.84. The summed E-state index contributed by atoms with van der Waals surface area (Å²) in [6.07, 6.45) is 5.25. The highest BCUT2D eigenvalue weighted by Crippen LogP contribution is 2.27. The molecule has 1 fully saturated rings. The van der Waals surface area contributed by atoms with Crippen LogP contribution in [-0.4, -0.2) is 21.4 Å². The second-order valence-corrected chi connectivity index (χ2v) is 4.65. The van der Waals surface area contributed by atoms with Crippen LogP contribution < -0.4 is 0 Å². The van der Waals surface area contributed by atoms with Crippen LogP contribution in [0.25, 0.3) is 11.4 Å². The Labute approximate surface area is 107 Å². The summed E-state index contributed by atoms with van der Waals surface area (Å²) in [6.45, 7) is 2.83.